The highest BCUT2D eigenvalue weighted by Gasteiger charge is 2.28. The van der Waals surface area contributed by atoms with Gasteiger partial charge in [-0.3, -0.25) is 4.79 Å². The lowest BCUT2D eigenvalue weighted by Gasteiger charge is -2.35. The van der Waals surface area contributed by atoms with Gasteiger partial charge in [0.15, 0.2) is 0 Å². The molecule has 0 saturated carbocycles. The van der Waals surface area contributed by atoms with Crippen LogP contribution in [0.15, 0.2) is 28.3 Å². The fourth-order valence-electron chi connectivity index (χ4n) is 3.65. The summed E-state index contributed by atoms with van der Waals surface area (Å²) in [6, 6.07) is 3.66. The highest BCUT2D eigenvalue weighted by atomic mass is 32.2. The lowest BCUT2D eigenvalue weighted by molar-refractivity contribution is -0.132. The number of carbonyl (C=O) groups is 1. The van der Waals surface area contributed by atoms with Crippen molar-refractivity contribution in [2.45, 2.75) is 61.4 Å². The first-order valence-corrected chi connectivity index (χ1v) is 11.8. The van der Waals surface area contributed by atoms with Gasteiger partial charge in [0.2, 0.25) is 15.9 Å². The fraction of sp³-hybridized carbons (Fsp3) is 0.667. The molecule has 0 unspecified atom stereocenters. The second-order valence-corrected chi connectivity index (χ2v) is 9.81. The molecule has 2 fully saturated rings. The second-order valence-electron chi connectivity index (χ2n) is 6.88. The van der Waals surface area contributed by atoms with Crippen molar-refractivity contribution in [2.75, 3.05) is 25.4 Å². The minimum absolute atomic E-state index is 0.150. The number of likely N-dealkylation sites (tertiary alicyclic amines) is 1. The summed E-state index contributed by atoms with van der Waals surface area (Å²) < 4.78 is 26.5. The Labute approximate surface area is 160 Å². The van der Waals surface area contributed by atoms with Crippen LogP contribution in [-0.4, -0.2) is 59.9 Å². The van der Waals surface area contributed by atoms with Gasteiger partial charge in [0, 0.05) is 31.9 Å². The molecule has 2 aliphatic heterocycles. The molecule has 1 amide bonds. The fourth-order valence-corrected chi connectivity index (χ4v) is 5.85. The normalized spacial score (nSPS) is 21.9. The Kier molecular flexibility index (Phi) is 6.58. The highest BCUT2D eigenvalue weighted by Crippen LogP contribution is 2.24. The summed E-state index contributed by atoms with van der Waals surface area (Å²) in [5, 5.41) is 0.684. The van der Waals surface area contributed by atoms with Crippen molar-refractivity contribution in [1.82, 2.24) is 14.2 Å². The molecule has 2 saturated heterocycles. The van der Waals surface area contributed by atoms with Gasteiger partial charge in [0.05, 0.1) is 10.8 Å². The van der Waals surface area contributed by atoms with E-state index in [1.165, 1.54) is 28.7 Å². The predicted molar refractivity (Wildman–Crippen MR) is 103 cm³/mol. The Hall–Kier alpha value is -1.12. The van der Waals surface area contributed by atoms with Crippen molar-refractivity contribution in [1.29, 1.82) is 0 Å². The molecule has 1 aromatic heterocycles. The quantitative estimate of drug-likeness (QED) is 0.690. The van der Waals surface area contributed by atoms with Crippen LogP contribution in [0.2, 0.25) is 0 Å². The summed E-state index contributed by atoms with van der Waals surface area (Å²) in [5.41, 5.74) is 0. The molecule has 0 aliphatic carbocycles. The van der Waals surface area contributed by atoms with Crippen LogP contribution >= 0.6 is 11.8 Å². The van der Waals surface area contributed by atoms with E-state index in [1.807, 2.05) is 4.90 Å². The van der Waals surface area contributed by atoms with Gasteiger partial charge in [0.1, 0.15) is 4.90 Å². The maximum Gasteiger partial charge on any atom is 0.244 e. The third-order valence-electron chi connectivity index (χ3n) is 5.17. The topological polar surface area (TPSA) is 70.6 Å². The molecule has 144 valence electrons. The Balaban J connectivity index is 1.58. The summed E-state index contributed by atoms with van der Waals surface area (Å²) >= 11 is 1.38. The average molecular weight is 398 g/mol. The summed E-state index contributed by atoms with van der Waals surface area (Å²) in [6.07, 6.45) is 7.61. The molecule has 3 heterocycles. The first-order valence-electron chi connectivity index (χ1n) is 9.41. The number of sulfonamides is 1. The number of aromatic nitrogens is 1. The first-order chi connectivity index (χ1) is 12.5. The lowest BCUT2D eigenvalue weighted by Crippen LogP contribution is -2.44. The van der Waals surface area contributed by atoms with Crippen LogP contribution in [0.5, 0.6) is 0 Å². The molecule has 2 aliphatic rings. The second kappa shape index (κ2) is 8.71. The van der Waals surface area contributed by atoms with Crippen LogP contribution in [0, 0.1) is 0 Å². The molecule has 0 N–H and O–H groups in total. The lowest BCUT2D eigenvalue weighted by atomic mass is 10.0. The number of carbonyl (C=O) groups excluding carboxylic acids is 1. The maximum atomic E-state index is 12.5. The van der Waals surface area contributed by atoms with E-state index in [-0.39, 0.29) is 10.8 Å². The number of piperidine rings is 1. The number of hydrogen-bond donors (Lipinski definition) is 0. The Morgan fingerprint density at radius 2 is 1.92 bits per heavy atom. The van der Waals surface area contributed by atoms with Gasteiger partial charge in [-0.1, -0.05) is 18.7 Å². The van der Waals surface area contributed by atoms with Gasteiger partial charge < -0.3 is 4.90 Å². The van der Waals surface area contributed by atoms with Gasteiger partial charge in [-0.25, -0.2) is 13.4 Å². The first kappa shape index (κ1) is 19.6. The summed E-state index contributed by atoms with van der Waals surface area (Å²) in [6.45, 7) is 4.15. The van der Waals surface area contributed by atoms with E-state index in [2.05, 4.69) is 11.9 Å². The van der Waals surface area contributed by atoms with E-state index in [0.717, 1.165) is 38.6 Å². The van der Waals surface area contributed by atoms with Gasteiger partial charge >= 0.3 is 0 Å². The number of nitrogens with zero attached hydrogens (tertiary/aromatic N) is 3. The largest absolute Gasteiger partial charge is 0.339 e. The monoisotopic (exact) mass is 397 g/mol. The van der Waals surface area contributed by atoms with Crippen molar-refractivity contribution in [3.63, 3.8) is 0 Å². The molecule has 1 aromatic rings. The third kappa shape index (κ3) is 4.40. The average Bonchev–Trinajstić information content (AvgIpc) is 3.22. The van der Waals surface area contributed by atoms with E-state index < -0.39 is 10.0 Å². The summed E-state index contributed by atoms with van der Waals surface area (Å²) in [7, 11) is -3.43. The Morgan fingerprint density at radius 3 is 2.58 bits per heavy atom. The van der Waals surface area contributed by atoms with Crippen LogP contribution in [0.25, 0.3) is 0 Å². The molecule has 0 radical (unpaired) electrons. The van der Waals surface area contributed by atoms with Crippen LogP contribution in [0.4, 0.5) is 0 Å². The smallest absolute Gasteiger partial charge is 0.244 e. The van der Waals surface area contributed by atoms with E-state index >= 15 is 0 Å². The number of thioether (sulfide) groups is 1. The standard InChI is InChI=1S/C18H27N3O3S2/c1-2-15-7-3-4-12-21(15)18(22)14-25-17-9-8-16(13-19-17)26(23,24)20-10-5-6-11-20/h8-9,13,15H,2-7,10-12,14H2,1H3/t15-/m0/s1. The SMILES string of the molecule is CC[C@H]1CCCCN1C(=O)CSc1ccc(S(=O)(=O)N2CCCC2)cn1. The van der Waals surface area contributed by atoms with Crippen LogP contribution < -0.4 is 0 Å². The minimum atomic E-state index is -3.43. The van der Waals surface area contributed by atoms with Crippen molar-refractivity contribution < 1.29 is 13.2 Å². The zero-order valence-corrected chi connectivity index (χ0v) is 16.9. The van der Waals surface area contributed by atoms with Gasteiger partial charge in [-0.05, 0) is 50.7 Å². The Morgan fingerprint density at radius 1 is 1.19 bits per heavy atom. The van der Waals surface area contributed by atoms with Crippen LogP contribution in [0.1, 0.15) is 45.4 Å². The molecule has 3 rings (SSSR count). The minimum Gasteiger partial charge on any atom is -0.339 e. The van der Waals surface area contributed by atoms with Crippen LogP contribution in [0.3, 0.4) is 0 Å². The van der Waals surface area contributed by atoms with Gasteiger partial charge in [-0.15, -0.1) is 0 Å². The number of amides is 1. The van der Waals surface area contributed by atoms with E-state index in [4.69, 9.17) is 0 Å². The molecule has 8 heteroatoms. The van der Waals surface area contributed by atoms with Crippen molar-refractivity contribution >= 4 is 27.7 Å². The zero-order chi connectivity index (χ0) is 18.6. The van der Waals surface area contributed by atoms with E-state index in [0.29, 0.717) is 29.9 Å². The number of pyridine rings is 1. The predicted octanol–water partition coefficient (Wildman–Crippen LogP) is 2.75. The molecule has 1 atom stereocenters. The number of hydrogen-bond acceptors (Lipinski definition) is 5. The maximum absolute atomic E-state index is 12.5. The summed E-state index contributed by atoms with van der Waals surface area (Å²) in [4.78, 5) is 19.0. The molecular formula is C18H27N3O3S2. The molecule has 6 nitrogen and oxygen atoms in total. The van der Waals surface area contributed by atoms with Gasteiger partial charge in [0.25, 0.3) is 0 Å². The van der Waals surface area contributed by atoms with Crippen molar-refractivity contribution in [2.24, 2.45) is 0 Å². The van der Waals surface area contributed by atoms with Crippen molar-refractivity contribution in [3.8, 4) is 0 Å². The van der Waals surface area contributed by atoms with E-state index in [1.54, 1.807) is 12.1 Å². The van der Waals surface area contributed by atoms with E-state index in [9.17, 15) is 13.2 Å². The zero-order valence-electron chi connectivity index (χ0n) is 15.3. The molecule has 0 aromatic carbocycles. The van der Waals surface area contributed by atoms with Gasteiger partial charge in [-0.2, -0.15) is 4.31 Å². The van der Waals surface area contributed by atoms with Crippen molar-refractivity contribution in [3.05, 3.63) is 18.3 Å². The molecule has 0 bridgehead atoms. The third-order valence-corrected chi connectivity index (χ3v) is 7.99. The highest BCUT2D eigenvalue weighted by molar-refractivity contribution is 7.99. The molecule has 26 heavy (non-hydrogen) atoms. The Bertz CT molecular complexity index is 716. The summed E-state index contributed by atoms with van der Waals surface area (Å²) in [5.74, 6) is 0.499. The molecular weight excluding hydrogens is 370 g/mol. The van der Waals surface area contributed by atoms with Crippen LogP contribution in [-0.2, 0) is 14.8 Å². The molecule has 0 spiro atoms. The number of rotatable bonds is 6.